The first-order chi connectivity index (χ1) is 14.8. The fraction of sp³-hybridized carbons (Fsp3) is 0.368. The van der Waals surface area contributed by atoms with E-state index < -0.39 is 23.3 Å². The molecule has 1 fully saturated rings. The van der Waals surface area contributed by atoms with Crippen molar-refractivity contribution in [2.75, 3.05) is 25.1 Å². The van der Waals surface area contributed by atoms with Gasteiger partial charge in [-0.05, 0) is 42.3 Å². The number of anilines is 1. The van der Waals surface area contributed by atoms with Crippen molar-refractivity contribution in [2.24, 2.45) is 5.73 Å². The maximum absolute atomic E-state index is 12.8. The highest BCUT2D eigenvalue weighted by Gasteiger charge is 2.42. The average molecular weight is 466 g/mol. The van der Waals surface area contributed by atoms with Crippen LogP contribution in [0.5, 0.6) is 5.88 Å². The van der Waals surface area contributed by atoms with Crippen molar-refractivity contribution in [3.05, 3.63) is 41.2 Å². The van der Waals surface area contributed by atoms with Gasteiger partial charge in [-0.1, -0.05) is 23.7 Å². The van der Waals surface area contributed by atoms with Gasteiger partial charge in [0.1, 0.15) is 17.0 Å². The number of thioether (sulfide) groups is 1. The minimum Gasteiger partial charge on any atom is -0.479 e. The second-order valence-corrected chi connectivity index (χ2v) is 8.54. The third kappa shape index (κ3) is 4.08. The van der Waals surface area contributed by atoms with Crippen LogP contribution < -0.4 is 15.4 Å². The molecule has 0 bridgehead atoms. The number of benzene rings is 1. The lowest BCUT2D eigenvalue weighted by atomic mass is 9.84. The molecule has 1 unspecified atom stereocenters. The molecule has 10 nitrogen and oxygen atoms in total. The SMILES string of the molecule is COc1ncnc2c1N(C(N)=O)C(OC(=O)N1CCC(O)(c3cccc(Cl)c3)CC1)S2. The van der Waals surface area contributed by atoms with Crippen LogP contribution in [0.25, 0.3) is 0 Å². The Labute approximate surface area is 187 Å². The first kappa shape index (κ1) is 21.5. The number of halogens is 1. The molecular weight excluding hydrogens is 446 g/mol. The molecule has 31 heavy (non-hydrogen) atoms. The maximum Gasteiger partial charge on any atom is 0.412 e. The standard InChI is InChI=1S/C19H20ClN5O5S/c1-29-14-13-15(23-10-22-14)31-18(25(13)16(21)26)30-17(27)24-7-5-19(28,6-8-24)11-3-2-4-12(20)9-11/h2-4,9-10,18,28H,5-8H2,1H3,(H2,21,26). The second-order valence-electron chi connectivity index (χ2n) is 7.08. The van der Waals surface area contributed by atoms with Crippen molar-refractivity contribution in [1.82, 2.24) is 14.9 Å². The van der Waals surface area contributed by atoms with Crippen molar-refractivity contribution in [3.8, 4) is 5.88 Å². The Hall–Kier alpha value is -2.76. The Bertz CT molecular complexity index is 1020. The fourth-order valence-corrected chi connectivity index (χ4v) is 4.85. The third-order valence-corrected chi connectivity index (χ3v) is 6.53. The molecule has 3 N–H and O–H groups in total. The lowest BCUT2D eigenvalue weighted by Crippen LogP contribution is -2.48. The summed E-state index contributed by atoms with van der Waals surface area (Å²) in [4.78, 5) is 35.5. The van der Waals surface area contributed by atoms with E-state index in [1.54, 1.807) is 18.2 Å². The zero-order valence-electron chi connectivity index (χ0n) is 16.5. The number of rotatable bonds is 3. The Morgan fingerprint density at radius 3 is 2.71 bits per heavy atom. The van der Waals surface area contributed by atoms with Gasteiger partial charge in [-0.15, -0.1) is 0 Å². The molecule has 3 amide bonds. The van der Waals surface area contributed by atoms with Gasteiger partial charge in [-0.25, -0.2) is 19.5 Å². The summed E-state index contributed by atoms with van der Waals surface area (Å²) in [5.74, 6) is 0.152. The van der Waals surface area contributed by atoms with Crippen LogP contribution in [0.3, 0.4) is 0 Å². The zero-order chi connectivity index (χ0) is 22.2. The number of fused-ring (bicyclic) bond motifs is 1. The van der Waals surface area contributed by atoms with Crippen LogP contribution in [-0.2, 0) is 10.3 Å². The summed E-state index contributed by atoms with van der Waals surface area (Å²) in [5, 5.41) is 12.0. The summed E-state index contributed by atoms with van der Waals surface area (Å²) in [7, 11) is 1.40. The topological polar surface area (TPSA) is 131 Å². The molecule has 1 aromatic carbocycles. The average Bonchev–Trinajstić information content (AvgIpc) is 3.12. The number of nitrogens with zero attached hydrogens (tertiary/aromatic N) is 4. The molecule has 0 radical (unpaired) electrons. The molecular formula is C19H20ClN5O5S. The smallest absolute Gasteiger partial charge is 0.412 e. The first-order valence-electron chi connectivity index (χ1n) is 9.41. The lowest BCUT2D eigenvalue weighted by molar-refractivity contribution is -0.0255. The molecule has 3 heterocycles. The van der Waals surface area contributed by atoms with Crippen molar-refractivity contribution in [1.29, 1.82) is 0 Å². The molecule has 164 valence electrons. The molecule has 1 atom stereocenters. The van der Waals surface area contributed by atoms with Gasteiger partial charge in [-0.3, -0.25) is 0 Å². The predicted octanol–water partition coefficient (Wildman–Crippen LogP) is 2.53. The lowest BCUT2D eigenvalue weighted by Gasteiger charge is -2.38. The molecule has 12 heteroatoms. The quantitative estimate of drug-likeness (QED) is 0.661. The van der Waals surface area contributed by atoms with Crippen LogP contribution in [0.1, 0.15) is 18.4 Å². The number of methoxy groups -OCH3 is 1. The summed E-state index contributed by atoms with van der Waals surface area (Å²) in [6.07, 6.45) is 1.30. The van der Waals surface area contributed by atoms with E-state index in [2.05, 4.69) is 9.97 Å². The van der Waals surface area contributed by atoms with E-state index in [0.717, 1.165) is 16.7 Å². The van der Waals surface area contributed by atoms with E-state index in [-0.39, 0.29) is 24.7 Å². The largest absolute Gasteiger partial charge is 0.479 e. The second kappa shape index (κ2) is 8.40. The Morgan fingerprint density at radius 2 is 2.06 bits per heavy atom. The van der Waals surface area contributed by atoms with E-state index in [4.69, 9.17) is 26.8 Å². The number of piperidine rings is 1. The number of carbonyl (C=O) groups excluding carboxylic acids is 2. The summed E-state index contributed by atoms with van der Waals surface area (Å²) in [6, 6.07) is 6.22. The minimum atomic E-state index is -1.08. The van der Waals surface area contributed by atoms with Gasteiger partial charge < -0.3 is 25.2 Å². The highest BCUT2D eigenvalue weighted by atomic mass is 35.5. The van der Waals surface area contributed by atoms with E-state index in [0.29, 0.717) is 28.5 Å². The number of urea groups is 1. The van der Waals surface area contributed by atoms with Crippen molar-refractivity contribution < 1.29 is 24.2 Å². The molecule has 1 aromatic heterocycles. The van der Waals surface area contributed by atoms with E-state index >= 15 is 0 Å². The van der Waals surface area contributed by atoms with Crippen molar-refractivity contribution >= 4 is 41.2 Å². The maximum atomic E-state index is 12.8. The Morgan fingerprint density at radius 1 is 1.32 bits per heavy atom. The molecule has 0 aliphatic carbocycles. The molecule has 0 saturated carbocycles. The molecule has 2 aliphatic rings. The highest BCUT2D eigenvalue weighted by molar-refractivity contribution is 8.00. The number of ether oxygens (including phenoxy) is 2. The van der Waals surface area contributed by atoms with E-state index in [1.165, 1.54) is 18.3 Å². The van der Waals surface area contributed by atoms with Gasteiger partial charge in [0.05, 0.1) is 12.7 Å². The number of hydrogen-bond acceptors (Lipinski definition) is 8. The van der Waals surface area contributed by atoms with Gasteiger partial charge in [0.15, 0.2) is 0 Å². The number of aliphatic hydroxyl groups is 1. The number of carbonyl (C=O) groups is 2. The molecule has 2 aliphatic heterocycles. The van der Waals surface area contributed by atoms with Gasteiger partial charge in [0.25, 0.3) is 0 Å². The van der Waals surface area contributed by atoms with Crippen LogP contribution in [0.15, 0.2) is 35.6 Å². The molecule has 2 aromatic rings. The first-order valence-corrected chi connectivity index (χ1v) is 10.7. The number of hydrogen-bond donors (Lipinski definition) is 2. The highest BCUT2D eigenvalue weighted by Crippen LogP contribution is 2.46. The van der Waals surface area contributed by atoms with Crippen molar-refractivity contribution in [3.63, 3.8) is 0 Å². The van der Waals surface area contributed by atoms with Gasteiger partial charge in [0.2, 0.25) is 11.4 Å². The van der Waals surface area contributed by atoms with Crippen molar-refractivity contribution in [2.45, 2.75) is 29.0 Å². The summed E-state index contributed by atoms with van der Waals surface area (Å²) in [5.41, 5.74) is 4.35. The monoisotopic (exact) mass is 465 g/mol. The molecule has 4 rings (SSSR count). The van der Waals surface area contributed by atoms with E-state index in [9.17, 15) is 14.7 Å². The van der Waals surface area contributed by atoms with Gasteiger partial charge in [-0.2, -0.15) is 4.98 Å². The number of primary amides is 1. The molecule has 0 spiro atoms. The number of amides is 3. The fourth-order valence-electron chi connectivity index (χ4n) is 3.62. The molecule has 1 saturated heterocycles. The number of aromatic nitrogens is 2. The van der Waals surface area contributed by atoms with E-state index in [1.807, 2.05) is 6.07 Å². The summed E-state index contributed by atoms with van der Waals surface area (Å²) in [6.45, 7) is 0.539. The number of likely N-dealkylation sites (tertiary alicyclic amines) is 1. The van der Waals surface area contributed by atoms with Crippen LogP contribution in [0, 0.1) is 0 Å². The number of nitrogens with two attached hydrogens (primary N) is 1. The van der Waals surface area contributed by atoms with Gasteiger partial charge in [0, 0.05) is 18.1 Å². The Balaban J connectivity index is 1.44. The summed E-state index contributed by atoms with van der Waals surface area (Å²) < 4.78 is 10.7. The third-order valence-electron chi connectivity index (χ3n) is 5.26. The van der Waals surface area contributed by atoms with Crippen LogP contribution in [-0.4, -0.2) is 57.9 Å². The van der Waals surface area contributed by atoms with Crippen LogP contribution in [0.2, 0.25) is 5.02 Å². The predicted molar refractivity (Wildman–Crippen MR) is 113 cm³/mol. The summed E-state index contributed by atoms with van der Waals surface area (Å²) >= 11 is 7.09. The minimum absolute atomic E-state index is 0.152. The van der Waals surface area contributed by atoms with Crippen LogP contribution in [0.4, 0.5) is 15.3 Å². The normalized spacial score (nSPS) is 19.6. The van der Waals surface area contributed by atoms with Gasteiger partial charge >= 0.3 is 12.1 Å². The Kier molecular flexibility index (Phi) is 5.82. The zero-order valence-corrected chi connectivity index (χ0v) is 18.1. The van der Waals surface area contributed by atoms with Crippen LogP contribution >= 0.6 is 23.4 Å².